The standard InChI is InChI=1S/C19H16ClN3O6/c1-27-16-6-4-11(8-18(16)28-2)17-9-13(22-29-17)10-21-19(24)12-3-5-14(20)15(7-12)23(25)26/h3-9H,10H2,1-2H3,(H,21,24). The summed E-state index contributed by atoms with van der Waals surface area (Å²) in [7, 11) is 3.08. The molecule has 1 aromatic heterocycles. The summed E-state index contributed by atoms with van der Waals surface area (Å²) < 4.78 is 15.8. The van der Waals surface area contributed by atoms with Gasteiger partial charge in [0.2, 0.25) is 0 Å². The molecule has 150 valence electrons. The van der Waals surface area contributed by atoms with E-state index in [1.54, 1.807) is 31.4 Å². The first-order chi connectivity index (χ1) is 13.9. The van der Waals surface area contributed by atoms with Crippen molar-refractivity contribution in [2.45, 2.75) is 6.54 Å². The summed E-state index contributed by atoms with van der Waals surface area (Å²) in [5.74, 6) is 1.11. The van der Waals surface area contributed by atoms with Gasteiger partial charge >= 0.3 is 0 Å². The van der Waals surface area contributed by atoms with Crippen LogP contribution in [0.4, 0.5) is 5.69 Å². The first kappa shape index (κ1) is 20.2. The number of nitro groups is 1. The number of carbonyl (C=O) groups is 1. The number of nitro benzene ring substituents is 1. The molecule has 0 spiro atoms. The fourth-order valence-corrected chi connectivity index (χ4v) is 2.77. The number of benzene rings is 2. The number of amides is 1. The van der Waals surface area contributed by atoms with Gasteiger partial charge in [0.15, 0.2) is 17.3 Å². The number of carbonyl (C=O) groups excluding carboxylic acids is 1. The Bertz CT molecular complexity index is 1070. The van der Waals surface area contributed by atoms with Crippen LogP contribution in [0, 0.1) is 10.1 Å². The molecule has 0 aliphatic rings. The molecule has 0 atom stereocenters. The predicted molar refractivity (Wildman–Crippen MR) is 104 cm³/mol. The molecule has 0 aliphatic heterocycles. The van der Waals surface area contributed by atoms with Crippen molar-refractivity contribution in [2.24, 2.45) is 0 Å². The van der Waals surface area contributed by atoms with Crippen LogP contribution in [0.15, 0.2) is 47.0 Å². The van der Waals surface area contributed by atoms with Gasteiger partial charge in [-0.25, -0.2) is 0 Å². The van der Waals surface area contributed by atoms with Gasteiger partial charge < -0.3 is 19.3 Å². The molecule has 10 heteroatoms. The molecule has 29 heavy (non-hydrogen) atoms. The monoisotopic (exact) mass is 417 g/mol. The number of nitrogens with one attached hydrogen (secondary N) is 1. The number of halogens is 1. The molecule has 3 rings (SSSR count). The number of hydrogen-bond donors (Lipinski definition) is 1. The molecule has 0 unspecified atom stereocenters. The zero-order valence-electron chi connectivity index (χ0n) is 15.5. The van der Waals surface area contributed by atoms with Crippen LogP contribution in [0.3, 0.4) is 0 Å². The molecule has 1 amide bonds. The average Bonchev–Trinajstić information content (AvgIpc) is 3.20. The average molecular weight is 418 g/mol. The number of methoxy groups -OCH3 is 2. The third kappa shape index (κ3) is 4.46. The van der Waals surface area contributed by atoms with Crippen molar-refractivity contribution in [1.29, 1.82) is 0 Å². The molecule has 0 radical (unpaired) electrons. The van der Waals surface area contributed by atoms with Gasteiger partial charge in [-0.3, -0.25) is 14.9 Å². The molecule has 2 aromatic carbocycles. The van der Waals surface area contributed by atoms with Gasteiger partial charge in [0.25, 0.3) is 11.6 Å². The van der Waals surface area contributed by atoms with E-state index in [0.717, 1.165) is 11.6 Å². The molecule has 0 fully saturated rings. The Kier molecular flexibility index (Phi) is 5.99. The van der Waals surface area contributed by atoms with Crippen LogP contribution >= 0.6 is 11.6 Å². The molecule has 0 bridgehead atoms. The van der Waals surface area contributed by atoms with E-state index in [1.165, 1.54) is 19.2 Å². The van der Waals surface area contributed by atoms with E-state index < -0.39 is 10.8 Å². The third-order valence-electron chi connectivity index (χ3n) is 4.06. The van der Waals surface area contributed by atoms with Crippen molar-refractivity contribution in [3.05, 3.63) is 68.9 Å². The largest absolute Gasteiger partial charge is 0.493 e. The second-order valence-corrected chi connectivity index (χ2v) is 6.27. The maximum atomic E-state index is 12.3. The maximum absolute atomic E-state index is 12.3. The lowest BCUT2D eigenvalue weighted by Crippen LogP contribution is -2.23. The SMILES string of the molecule is COc1ccc(-c2cc(CNC(=O)c3ccc(Cl)c([N+](=O)[O-])c3)no2)cc1OC. The minimum atomic E-state index is -0.647. The highest BCUT2D eigenvalue weighted by molar-refractivity contribution is 6.32. The smallest absolute Gasteiger partial charge is 0.288 e. The Balaban J connectivity index is 1.70. The Morgan fingerprint density at radius 2 is 1.93 bits per heavy atom. The van der Waals surface area contributed by atoms with Gasteiger partial charge in [-0.15, -0.1) is 0 Å². The van der Waals surface area contributed by atoms with Gasteiger partial charge in [0, 0.05) is 23.3 Å². The van der Waals surface area contributed by atoms with E-state index in [0.29, 0.717) is 23.0 Å². The van der Waals surface area contributed by atoms with Crippen LogP contribution in [0.5, 0.6) is 11.5 Å². The van der Waals surface area contributed by atoms with Crippen LogP contribution < -0.4 is 14.8 Å². The summed E-state index contributed by atoms with van der Waals surface area (Å²) in [6.45, 7) is 0.0754. The molecule has 1 N–H and O–H groups in total. The van der Waals surface area contributed by atoms with E-state index in [2.05, 4.69) is 10.5 Å². The summed E-state index contributed by atoms with van der Waals surface area (Å²) in [5, 5.41) is 17.5. The quantitative estimate of drug-likeness (QED) is 0.458. The van der Waals surface area contributed by atoms with E-state index in [9.17, 15) is 14.9 Å². The minimum Gasteiger partial charge on any atom is -0.493 e. The number of aromatic nitrogens is 1. The molecule has 0 saturated carbocycles. The number of ether oxygens (including phenoxy) is 2. The summed E-state index contributed by atoms with van der Waals surface area (Å²) in [6, 6.07) is 10.8. The zero-order chi connectivity index (χ0) is 21.0. The number of hydrogen-bond acceptors (Lipinski definition) is 7. The fourth-order valence-electron chi connectivity index (χ4n) is 2.59. The fraction of sp³-hybridized carbons (Fsp3) is 0.158. The highest BCUT2D eigenvalue weighted by Crippen LogP contribution is 2.32. The molecule has 0 saturated heterocycles. The first-order valence-corrected chi connectivity index (χ1v) is 8.71. The van der Waals surface area contributed by atoms with Gasteiger partial charge in [-0.2, -0.15) is 0 Å². The second-order valence-electron chi connectivity index (χ2n) is 5.86. The van der Waals surface area contributed by atoms with Crippen LogP contribution in [-0.4, -0.2) is 30.2 Å². The Morgan fingerprint density at radius 1 is 1.17 bits per heavy atom. The van der Waals surface area contributed by atoms with E-state index in [-0.39, 0.29) is 22.8 Å². The van der Waals surface area contributed by atoms with Crippen LogP contribution in [0.2, 0.25) is 5.02 Å². The van der Waals surface area contributed by atoms with Crippen molar-refractivity contribution >= 4 is 23.2 Å². The van der Waals surface area contributed by atoms with Crippen molar-refractivity contribution in [3.63, 3.8) is 0 Å². The van der Waals surface area contributed by atoms with E-state index >= 15 is 0 Å². The van der Waals surface area contributed by atoms with Crippen LogP contribution in [0.25, 0.3) is 11.3 Å². The molecular weight excluding hydrogens is 402 g/mol. The minimum absolute atomic E-state index is 0.0392. The van der Waals surface area contributed by atoms with Crippen molar-refractivity contribution in [3.8, 4) is 22.8 Å². The van der Waals surface area contributed by atoms with E-state index in [1.807, 2.05) is 0 Å². The molecule has 3 aromatic rings. The highest BCUT2D eigenvalue weighted by atomic mass is 35.5. The Morgan fingerprint density at radius 3 is 2.62 bits per heavy atom. The second kappa shape index (κ2) is 8.61. The molecule has 0 aliphatic carbocycles. The van der Waals surface area contributed by atoms with E-state index in [4.69, 9.17) is 25.6 Å². The van der Waals surface area contributed by atoms with Gasteiger partial charge in [0.05, 0.1) is 25.7 Å². The van der Waals surface area contributed by atoms with Crippen LogP contribution in [-0.2, 0) is 6.54 Å². The first-order valence-electron chi connectivity index (χ1n) is 8.33. The van der Waals surface area contributed by atoms with Gasteiger partial charge in [-0.1, -0.05) is 16.8 Å². The number of nitrogens with zero attached hydrogens (tertiary/aromatic N) is 2. The summed E-state index contributed by atoms with van der Waals surface area (Å²) in [6.07, 6.45) is 0. The summed E-state index contributed by atoms with van der Waals surface area (Å²) in [4.78, 5) is 22.6. The van der Waals surface area contributed by atoms with Gasteiger partial charge in [-0.05, 0) is 30.3 Å². The van der Waals surface area contributed by atoms with Crippen molar-refractivity contribution in [2.75, 3.05) is 14.2 Å². The normalized spacial score (nSPS) is 10.4. The van der Waals surface area contributed by atoms with Crippen LogP contribution in [0.1, 0.15) is 16.1 Å². The summed E-state index contributed by atoms with van der Waals surface area (Å²) in [5.41, 5.74) is 0.980. The van der Waals surface area contributed by atoms with Gasteiger partial charge in [0.1, 0.15) is 10.7 Å². The van der Waals surface area contributed by atoms with Crippen molar-refractivity contribution < 1.29 is 23.7 Å². The van der Waals surface area contributed by atoms with Crippen molar-refractivity contribution in [1.82, 2.24) is 10.5 Å². The lowest BCUT2D eigenvalue weighted by atomic mass is 10.1. The topological polar surface area (TPSA) is 117 Å². The number of rotatable bonds is 7. The maximum Gasteiger partial charge on any atom is 0.288 e. The molecule has 1 heterocycles. The Labute approximate surface area is 170 Å². The third-order valence-corrected chi connectivity index (χ3v) is 4.38. The Hall–Kier alpha value is -3.59. The molecule has 9 nitrogen and oxygen atoms in total. The predicted octanol–water partition coefficient (Wildman–Crippen LogP) is 3.85. The molecular formula is C19H16ClN3O6. The summed E-state index contributed by atoms with van der Waals surface area (Å²) >= 11 is 5.76. The lowest BCUT2D eigenvalue weighted by molar-refractivity contribution is -0.384. The lowest BCUT2D eigenvalue weighted by Gasteiger charge is -2.07. The highest BCUT2D eigenvalue weighted by Gasteiger charge is 2.17. The zero-order valence-corrected chi connectivity index (χ0v) is 16.2.